The molecule has 1 saturated heterocycles. The Bertz CT molecular complexity index is 400. The zero-order chi connectivity index (χ0) is 13.7. The highest BCUT2D eigenvalue weighted by Crippen LogP contribution is 2.27. The van der Waals surface area contributed by atoms with Crippen LogP contribution in [0.2, 0.25) is 0 Å². The maximum absolute atomic E-state index is 12.1. The van der Waals surface area contributed by atoms with Gasteiger partial charge in [0.1, 0.15) is 0 Å². The van der Waals surface area contributed by atoms with E-state index in [1.807, 2.05) is 11.0 Å². The fraction of sp³-hybridized carbons (Fsp3) is 0.562. The number of nitrogens with one attached hydrogen (secondary N) is 1. The fourth-order valence-corrected chi connectivity index (χ4v) is 2.83. The summed E-state index contributed by atoms with van der Waals surface area (Å²) in [7, 11) is 0. The Hall–Kier alpha value is -1.35. The Morgan fingerprint density at radius 2 is 1.89 bits per heavy atom. The van der Waals surface area contributed by atoms with Crippen molar-refractivity contribution in [3.63, 3.8) is 0 Å². The van der Waals surface area contributed by atoms with E-state index < -0.39 is 0 Å². The number of likely N-dealkylation sites (N-methyl/N-ethyl adjacent to an activating group) is 1. The molecule has 1 aliphatic heterocycles. The number of hydrogen-bond acceptors (Lipinski definition) is 1. The minimum atomic E-state index is 0.320. The maximum atomic E-state index is 12.1. The summed E-state index contributed by atoms with van der Waals surface area (Å²) in [6, 6.07) is 10.4. The first kappa shape index (κ1) is 14.1. The van der Waals surface area contributed by atoms with Gasteiger partial charge in [0.05, 0.1) is 26.2 Å². The highest BCUT2D eigenvalue weighted by atomic mass is 16.2. The van der Waals surface area contributed by atoms with E-state index in [0.29, 0.717) is 18.2 Å². The van der Waals surface area contributed by atoms with Crippen molar-refractivity contribution >= 4 is 5.91 Å². The van der Waals surface area contributed by atoms with E-state index in [2.05, 4.69) is 38.1 Å². The molecule has 0 saturated carbocycles. The molecule has 0 radical (unpaired) electrons. The number of nitrogens with zero attached hydrogens (tertiary/aromatic N) is 1. The second-order valence-corrected chi connectivity index (χ2v) is 5.36. The van der Waals surface area contributed by atoms with E-state index in [4.69, 9.17) is 0 Å². The standard InChI is InChI=1S/C16H24N2O/c1-3-17(4-2)10-11-18-13-15(12-16(18)19)14-8-6-5-7-9-14/h5-9,15H,3-4,10-13H2,1-2H3/p+1/t15-/m1/s1. The molecule has 0 aromatic heterocycles. The summed E-state index contributed by atoms with van der Waals surface area (Å²) >= 11 is 0. The highest BCUT2D eigenvalue weighted by molar-refractivity contribution is 5.79. The van der Waals surface area contributed by atoms with Crippen LogP contribution in [0.1, 0.15) is 31.7 Å². The first-order valence-electron chi connectivity index (χ1n) is 7.40. The second-order valence-electron chi connectivity index (χ2n) is 5.36. The lowest BCUT2D eigenvalue weighted by molar-refractivity contribution is -0.895. The number of amides is 1. The van der Waals surface area contributed by atoms with Gasteiger partial charge in [0.2, 0.25) is 5.91 Å². The molecule has 0 bridgehead atoms. The number of benzene rings is 1. The smallest absolute Gasteiger partial charge is 0.223 e. The third-order valence-corrected chi connectivity index (χ3v) is 4.22. The van der Waals surface area contributed by atoms with Crippen LogP contribution in [0.15, 0.2) is 30.3 Å². The fourth-order valence-electron chi connectivity index (χ4n) is 2.83. The van der Waals surface area contributed by atoms with Crippen LogP contribution in [0, 0.1) is 0 Å². The van der Waals surface area contributed by atoms with Crippen molar-refractivity contribution in [2.75, 3.05) is 32.7 Å². The van der Waals surface area contributed by atoms with E-state index in [9.17, 15) is 4.79 Å². The van der Waals surface area contributed by atoms with Crippen molar-refractivity contribution in [3.8, 4) is 0 Å². The van der Waals surface area contributed by atoms with Crippen LogP contribution in [-0.4, -0.2) is 43.5 Å². The average molecular weight is 261 g/mol. The first-order valence-corrected chi connectivity index (χ1v) is 7.40. The Morgan fingerprint density at radius 1 is 1.21 bits per heavy atom. The number of likely N-dealkylation sites (tertiary alicyclic amines) is 1. The average Bonchev–Trinajstić information content (AvgIpc) is 2.82. The third-order valence-electron chi connectivity index (χ3n) is 4.22. The molecule has 2 rings (SSSR count). The van der Waals surface area contributed by atoms with Crippen LogP contribution in [0.5, 0.6) is 0 Å². The van der Waals surface area contributed by atoms with E-state index in [0.717, 1.165) is 32.7 Å². The Kier molecular flexibility index (Phi) is 4.97. The van der Waals surface area contributed by atoms with Gasteiger partial charge < -0.3 is 9.80 Å². The topological polar surface area (TPSA) is 24.8 Å². The van der Waals surface area contributed by atoms with E-state index >= 15 is 0 Å². The molecule has 1 aromatic carbocycles. The minimum absolute atomic E-state index is 0.320. The van der Waals surface area contributed by atoms with Crippen LogP contribution in [-0.2, 0) is 4.79 Å². The number of carbonyl (C=O) groups is 1. The molecule has 3 nitrogen and oxygen atoms in total. The molecule has 1 fully saturated rings. The number of carbonyl (C=O) groups excluding carboxylic acids is 1. The van der Waals surface area contributed by atoms with E-state index in [1.165, 1.54) is 5.56 Å². The van der Waals surface area contributed by atoms with Crippen LogP contribution in [0.4, 0.5) is 0 Å². The lowest BCUT2D eigenvalue weighted by Crippen LogP contribution is -3.12. The summed E-state index contributed by atoms with van der Waals surface area (Å²) in [6.07, 6.45) is 0.678. The van der Waals surface area contributed by atoms with Crippen LogP contribution in [0.25, 0.3) is 0 Å². The van der Waals surface area contributed by atoms with Crippen molar-refractivity contribution in [3.05, 3.63) is 35.9 Å². The molecular weight excluding hydrogens is 236 g/mol. The molecule has 0 unspecified atom stereocenters. The molecule has 1 N–H and O–H groups in total. The van der Waals surface area contributed by atoms with Gasteiger partial charge in [-0.05, 0) is 19.4 Å². The van der Waals surface area contributed by atoms with E-state index in [-0.39, 0.29) is 0 Å². The molecule has 19 heavy (non-hydrogen) atoms. The van der Waals surface area contributed by atoms with Crippen molar-refractivity contribution in [2.24, 2.45) is 0 Å². The monoisotopic (exact) mass is 261 g/mol. The molecule has 1 aromatic rings. The van der Waals surface area contributed by atoms with E-state index in [1.54, 1.807) is 4.90 Å². The van der Waals surface area contributed by atoms with Crippen molar-refractivity contribution in [2.45, 2.75) is 26.2 Å². The molecule has 1 amide bonds. The lowest BCUT2D eigenvalue weighted by atomic mass is 9.99. The number of hydrogen-bond donors (Lipinski definition) is 1. The van der Waals surface area contributed by atoms with Gasteiger partial charge in [0.25, 0.3) is 0 Å². The number of rotatable bonds is 6. The third kappa shape index (κ3) is 3.57. The quantitative estimate of drug-likeness (QED) is 0.809. The summed E-state index contributed by atoms with van der Waals surface area (Å²) in [5.41, 5.74) is 1.30. The largest absolute Gasteiger partial charge is 0.336 e. The van der Waals surface area contributed by atoms with Gasteiger partial charge in [0.15, 0.2) is 0 Å². The summed E-state index contributed by atoms with van der Waals surface area (Å²) < 4.78 is 0. The summed E-state index contributed by atoms with van der Waals surface area (Å²) in [5, 5.41) is 0. The molecule has 1 heterocycles. The Balaban J connectivity index is 1.89. The second kappa shape index (κ2) is 6.71. The van der Waals surface area contributed by atoms with Crippen LogP contribution >= 0.6 is 0 Å². The van der Waals surface area contributed by atoms with Gasteiger partial charge in [-0.15, -0.1) is 0 Å². The van der Waals surface area contributed by atoms with Gasteiger partial charge in [-0.1, -0.05) is 30.3 Å². The van der Waals surface area contributed by atoms with Crippen LogP contribution < -0.4 is 4.90 Å². The maximum Gasteiger partial charge on any atom is 0.223 e. The molecule has 3 heteroatoms. The molecule has 0 spiro atoms. The zero-order valence-electron chi connectivity index (χ0n) is 12.1. The van der Waals surface area contributed by atoms with Crippen molar-refractivity contribution in [1.82, 2.24) is 4.90 Å². The predicted molar refractivity (Wildman–Crippen MR) is 77.3 cm³/mol. The molecule has 0 aliphatic carbocycles. The summed E-state index contributed by atoms with van der Waals surface area (Å²) in [6.45, 7) is 9.55. The summed E-state index contributed by atoms with van der Waals surface area (Å²) in [4.78, 5) is 15.7. The predicted octanol–water partition coefficient (Wildman–Crippen LogP) is 0.927. The van der Waals surface area contributed by atoms with Gasteiger partial charge in [-0.2, -0.15) is 0 Å². The SMILES string of the molecule is CC[NH+](CC)CCN1C[C@H](c2ccccc2)CC1=O. The molecule has 1 atom stereocenters. The molecule has 1 aliphatic rings. The molecular formula is C16H25N2O+. The Morgan fingerprint density at radius 3 is 2.53 bits per heavy atom. The van der Waals surface area contributed by atoms with Crippen LogP contribution in [0.3, 0.4) is 0 Å². The Labute approximate surface area is 116 Å². The first-order chi connectivity index (χ1) is 9.24. The van der Waals surface area contributed by atoms with Crippen molar-refractivity contribution in [1.29, 1.82) is 0 Å². The van der Waals surface area contributed by atoms with Gasteiger partial charge in [-0.25, -0.2) is 0 Å². The van der Waals surface area contributed by atoms with Gasteiger partial charge in [0, 0.05) is 18.9 Å². The zero-order valence-corrected chi connectivity index (χ0v) is 12.1. The van der Waals surface area contributed by atoms with Gasteiger partial charge in [-0.3, -0.25) is 4.79 Å². The lowest BCUT2D eigenvalue weighted by Gasteiger charge is -2.21. The number of quaternary nitrogens is 1. The van der Waals surface area contributed by atoms with Crippen molar-refractivity contribution < 1.29 is 9.69 Å². The minimum Gasteiger partial charge on any atom is -0.336 e. The summed E-state index contributed by atoms with van der Waals surface area (Å²) in [5.74, 6) is 0.709. The van der Waals surface area contributed by atoms with Gasteiger partial charge >= 0.3 is 0 Å². The highest BCUT2D eigenvalue weighted by Gasteiger charge is 2.30. The molecule has 104 valence electrons. The normalized spacial score (nSPS) is 19.4.